The van der Waals surface area contributed by atoms with Crippen LogP contribution in [0.3, 0.4) is 0 Å². The van der Waals surface area contributed by atoms with Crippen LogP contribution in [0.15, 0.2) is 109 Å². The molecule has 0 aromatic heterocycles. The molecule has 6 aromatic rings. The van der Waals surface area contributed by atoms with E-state index in [4.69, 9.17) is 0 Å². The van der Waals surface area contributed by atoms with E-state index in [0.29, 0.717) is 0 Å². The monoisotopic (exact) mass is 980 g/mol. The van der Waals surface area contributed by atoms with Crippen LogP contribution < -0.4 is 24.8 Å². The maximum absolute atomic E-state index is 2.52. The Hall–Kier alpha value is -2.22. The Bertz CT molecular complexity index is 2240. The molecule has 0 atom stereocenters. The molecule has 8 aliphatic rings. The normalized spacial score (nSPS) is 27.9. The summed E-state index contributed by atoms with van der Waals surface area (Å²) in [5.74, 6) is 10.3. The predicted octanol–water partition coefficient (Wildman–Crippen LogP) is 10.4. The van der Waals surface area contributed by atoms with Crippen LogP contribution in [0.1, 0.15) is 113 Å². The van der Waals surface area contributed by atoms with Crippen molar-refractivity contribution in [1.29, 1.82) is 0 Å². The van der Waals surface area contributed by atoms with Crippen molar-refractivity contribution in [1.82, 2.24) is 0 Å². The first-order valence-corrected chi connectivity index (χ1v) is 31.5. The van der Waals surface area contributed by atoms with Gasteiger partial charge in [0.1, 0.15) is 0 Å². The molecule has 0 aliphatic heterocycles. The molecule has 0 unspecified atom stereocenters. The first-order valence-electron chi connectivity index (χ1n) is 25.3. The van der Waals surface area contributed by atoms with Crippen LogP contribution in [0.4, 0.5) is 0 Å². The summed E-state index contributed by atoms with van der Waals surface area (Å²) in [6.45, 7) is 9.12. The summed E-state index contributed by atoms with van der Waals surface area (Å²) in [5, 5.41) is 5.77. The van der Waals surface area contributed by atoms with Gasteiger partial charge in [-0.3, -0.25) is 0 Å². The molecular weight excluding hydrogens is 911 g/mol. The fraction of sp³-hybridized carbons (Fsp3) is 0.500. The fourth-order valence-electron chi connectivity index (χ4n) is 14.9. The maximum Gasteiger partial charge on any atom is -1.00 e. The minimum Gasteiger partial charge on any atom is -1.00 e. The first kappa shape index (κ1) is 48.2. The summed E-state index contributed by atoms with van der Waals surface area (Å²) in [7, 11) is 0. The van der Waals surface area contributed by atoms with Crippen LogP contribution in [0, 0.1) is 59.2 Å². The van der Waals surface area contributed by atoms with Crippen LogP contribution in [0.2, 0.25) is 13.1 Å². The zero-order valence-electron chi connectivity index (χ0n) is 39.2. The van der Waals surface area contributed by atoms with Crippen molar-refractivity contribution in [3.05, 3.63) is 131 Å². The SMILES string of the molecule is CCCc1ccc(-c2cccc3[cH-]c(CC4C5CC6CC(C5)CC4C6)cc23)cc1.CCCc1ccc(-c2cccc3[cH-]c(CC4C5CC6CC(C5)CC4C6)cc23)cc1.C[Si](C)=[Zr+2].[Cl-].[Cl-]. The summed E-state index contributed by atoms with van der Waals surface area (Å²) >= 11 is 1.74. The van der Waals surface area contributed by atoms with Gasteiger partial charge < -0.3 is 24.8 Å². The molecule has 6 aromatic carbocycles. The van der Waals surface area contributed by atoms with Gasteiger partial charge in [0.15, 0.2) is 0 Å². The van der Waals surface area contributed by atoms with Crippen molar-refractivity contribution < 1.29 is 48.1 Å². The number of aryl methyl sites for hydroxylation is 2. The van der Waals surface area contributed by atoms with E-state index in [1.165, 1.54) is 145 Å². The summed E-state index contributed by atoms with van der Waals surface area (Å²) in [6, 6.07) is 42.3. The van der Waals surface area contributed by atoms with Crippen molar-refractivity contribution >= 4 is 27.0 Å². The second-order valence-corrected chi connectivity index (χ2v) is 31.2. The van der Waals surface area contributed by atoms with Gasteiger partial charge in [-0.1, -0.05) is 98.5 Å². The van der Waals surface area contributed by atoms with Crippen molar-refractivity contribution in [2.24, 2.45) is 59.2 Å². The van der Waals surface area contributed by atoms with E-state index < -0.39 is 0 Å². The molecule has 8 saturated carbocycles. The molecule has 0 spiro atoms. The summed E-state index contributed by atoms with van der Waals surface area (Å²) in [5.41, 5.74) is 11.8. The molecule has 0 N–H and O–H groups in total. The van der Waals surface area contributed by atoms with Gasteiger partial charge in [-0.15, -0.1) is 69.1 Å². The fourth-order valence-corrected chi connectivity index (χ4v) is 14.9. The smallest absolute Gasteiger partial charge is 1.00 e. The van der Waals surface area contributed by atoms with Crippen LogP contribution >= 0.6 is 0 Å². The van der Waals surface area contributed by atoms with E-state index in [0.717, 1.165) is 59.2 Å². The van der Waals surface area contributed by atoms with Gasteiger partial charge >= 0.3 is 41.9 Å². The molecule has 0 nitrogen and oxygen atoms in total. The molecular formula is C60H72Cl2SiZr-2. The van der Waals surface area contributed by atoms with Gasteiger partial charge in [0.2, 0.25) is 0 Å². The molecule has 0 heterocycles. The summed E-state index contributed by atoms with van der Waals surface area (Å²) < 4.78 is 0. The van der Waals surface area contributed by atoms with Crippen LogP contribution in [0.5, 0.6) is 0 Å². The van der Waals surface area contributed by atoms with Gasteiger partial charge in [0.25, 0.3) is 0 Å². The number of hydrogen-bond acceptors (Lipinski definition) is 0. The Morgan fingerprint density at radius 3 is 1.12 bits per heavy atom. The van der Waals surface area contributed by atoms with Crippen LogP contribution in [-0.2, 0) is 49.0 Å². The molecule has 64 heavy (non-hydrogen) atoms. The Balaban J connectivity index is 0.000000157. The van der Waals surface area contributed by atoms with Crippen molar-refractivity contribution in [3.8, 4) is 22.3 Å². The third-order valence-electron chi connectivity index (χ3n) is 17.0. The molecule has 14 rings (SSSR count). The third kappa shape index (κ3) is 10.6. The quantitative estimate of drug-likeness (QED) is 0.0948. The summed E-state index contributed by atoms with van der Waals surface area (Å²) in [4.78, 5) is 0. The number of halogens is 2. The van der Waals surface area contributed by atoms with Gasteiger partial charge in [0, 0.05) is 0 Å². The Kier molecular flexibility index (Phi) is 16.1. The Labute approximate surface area is 414 Å². The molecule has 0 radical (unpaired) electrons. The minimum atomic E-state index is 0. The number of benzene rings is 4. The molecule has 8 bridgehead atoms. The minimum absolute atomic E-state index is 0. The van der Waals surface area contributed by atoms with Crippen LogP contribution in [0.25, 0.3) is 43.8 Å². The second-order valence-electron chi connectivity index (χ2n) is 21.8. The van der Waals surface area contributed by atoms with E-state index in [2.05, 4.69) is 136 Å². The predicted molar refractivity (Wildman–Crippen MR) is 264 cm³/mol. The second kappa shape index (κ2) is 21.4. The van der Waals surface area contributed by atoms with Gasteiger partial charge in [0.05, 0.1) is 0 Å². The largest absolute Gasteiger partial charge is 1.00 e. The topological polar surface area (TPSA) is 0 Å². The Morgan fingerprint density at radius 2 is 0.812 bits per heavy atom. The van der Waals surface area contributed by atoms with E-state index in [-0.39, 0.29) is 30.2 Å². The van der Waals surface area contributed by atoms with Crippen molar-refractivity contribution in [2.45, 2.75) is 130 Å². The number of hydrogen-bond donors (Lipinski definition) is 0. The third-order valence-corrected chi connectivity index (χ3v) is 17.0. The molecule has 4 heteroatoms. The molecule has 0 saturated heterocycles. The van der Waals surface area contributed by atoms with Gasteiger partial charge in [-0.25, -0.2) is 0 Å². The zero-order valence-corrected chi connectivity index (χ0v) is 44.2. The molecule has 8 fully saturated rings. The number of fused-ring (bicyclic) bond motifs is 2. The molecule has 8 aliphatic carbocycles. The summed E-state index contributed by atoms with van der Waals surface area (Å²) in [6.07, 6.45) is 22.8. The van der Waals surface area contributed by atoms with Gasteiger partial charge in [-0.05, 0) is 171 Å². The van der Waals surface area contributed by atoms with E-state index >= 15 is 0 Å². The molecule has 0 amide bonds. The van der Waals surface area contributed by atoms with E-state index in [1.54, 1.807) is 47.3 Å². The van der Waals surface area contributed by atoms with E-state index in [9.17, 15) is 0 Å². The van der Waals surface area contributed by atoms with E-state index in [1.807, 2.05) is 0 Å². The zero-order chi connectivity index (χ0) is 42.3. The van der Waals surface area contributed by atoms with Crippen LogP contribution in [-0.4, -0.2) is 5.43 Å². The van der Waals surface area contributed by atoms with Crippen molar-refractivity contribution in [3.63, 3.8) is 0 Å². The average molecular weight is 983 g/mol. The maximum atomic E-state index is 2.52. The van der Waals surface area contributed by atoms with Gasteiger partial charge in [-0.2, -0.15) is 12.1 Å². The average Bonchev–Trinajstić information content (AvgIpc) is 3.88. The Morgan fingerprint density at radius 1 is 0.484 bits per heavy atom. The number of rotatable bonds is 10. The molecule has 336 valence electrons. The standard InChI is InChI=1S/2C29H33.C2H6Si.2ClH.Zr/c2*1-2-4-19-7-9-23(10-8-19)27-6-3-5-24-12-22(18-29(24)27)17-28-25-13-20-11-21(15-25)16-26(28)14-20;1-3-2;;;/h2*3,5-10,12,18,20-21,25-26,28H,2,4,11,13-17H2,1H3;1-2H3;2*1H;/q2*-1;;;;+2/p-2. The first-order chi connectivity index (χ1) is 30.3. The van der Waals surface area contributed by atoms with Crippen molar-refractivity contribution in [2.75, 3.05) is 0 Å².